The molecule has 176 valence electrons. The van der Waals surface area contributed by atoms with Gasteiger partial charge in [0.15, 0.2) is 5.54 Å². The summed E-state index contributed by atoms with van der Waals surface area (Å²) in [7, 11) is 0. The molecular weight excluding hydrogens is 457 g/mol. The van der Waals surface area contributed by atoms with Gasteiger partial charge in [0.25, 0.3) is 23.4 Å². The molecule has 0 radical (unpaired) electrons. The van der Waals surface area contributed by atoms with Crippen molar-refractivity contribution in [1.29, 1.82) is 0 Å². The molecule has 0 spiro atoms. The van der Waals surface area contributed by atoms with Crippen molar-refractivity contribution >= 4 is 29.1 Å². The lowest BCUT2D eigenvalue weighted by Crippen LogP contribution is -2.60. The molecule has 1 aromatic heterocycles. The maximum Gasteiger partial charge on any atom is 0.278 e. The molecule has 5 atom stereocenters. The van der Waals surface area contributed by atoms with E-state index < -0.39 is 40.9 Å². The second kappa shape index (κ2) is 8.59. The molecule has 0 aliphatic heterocycles. The number of alkyl halides is 4. The molecule has 1 aromatic carbocycles. The summed E-state index contributed by atoms with van der Waals surface area (Å²) in [6.45, 7) is 3.29. The van der Waals surface area contributed by atoms with E-state index in [4.69, 9.17) is 11.6 Å². The second-order valence-electron chi connectivity index (χ2n) is 8.98. The van der Waals surface area contributed by atoms with Crippen LogP contribution in [0.3, 0.4) is 0 Å². The van der Waals surface area contributed by atoms with E-state index in [1.807, 2.05) is 6.92 Å². The van der Waals surface area contributed by atoms with Crippen molar-refractivity contribution in [3.8, 4) is 0 Å². The highest BCUT2D eigenvalue weighted by molar-refractivity contribution is 6.32. The molecular formula is C23H24ClF3N4O2. The summed E-state index contributed by atoms with van der Waals surface area (Å²) < 4.78 is 42.1. The fraction of sp³-hybridized carbons (Fsp3) is 0.478. The van der Waals surface area contributed by atoms with Crippen LogP contribution in [0.1, 0.15) is 37.3 Å². The number of aromatic nitrogens is 2. The monoisotopic (exact) mass is 480 g/mol. The van der Waals surface area contributed by atoms with Crippen LogP contribution in [0.25, 0.3) is 0 Å². The minimum atomic E-state index is -2.73. The van der Waals surface area contributed by atoms with Gasteiger partial charge in [0.05, 0.1) is 0 Å². The van der Waals surface area contributed by atoms with Crippen molar-refractivity contribution < 1.29 is 22.8 Å². The number of halogens is 4. The minimum absolute atomic E-state index is 0.143. The summed E-state index contributed by atoms with van der Waals surface area (Å²) in [4.78, 5) is 35.7. The number of aryl methyl sites for hydroxylation is 1. The first-order chi connectivity index (χ1) is 15.5. The molecule has 2 unspecified atom stereocenters. The molecule has 2 aliphatic rings. The third-order valence-electron chi connectivity index (χ3n) is 6.85. The number of anilines is 1. The fourth-order valence-electron chi connectivity index (χ4n) is 5.01. The Morgan fingerprint density at radius 1 is 1.21 bits per heavy atom. The first-order valence-electron chi connectivity index (χ1n) is 10.7. The molecule has 2 bridgehead atoms. The molecule has 2 aliphatic carbocycles. The SMILES string of the molecule is Cc1ccc(N(C(=O)[C@H](F)Cl)[C@](C)(C(=O)N[C@H]2CC3CC2CC3(F)F)c2cncnc2)cc1. The number of nitrogens with zero attached hydrogens (tertiary/aromatic N) is 3. The van der Waals surface area contributed by atoms with E-state index in [0.717, 1.165) is 10.5 Å². The Kier molecular flexibility index (Phi) is 6.11. The molecule has 2 amide bonds. The van der Waals surface area contributed by atoms with Gasteiger partial charge in [-0.2, -0.15) is 0 Å². The summed E-state index contributed by atoms with van der Waals surface area (Å²) in [5, 5.41) is 2.86. The third kappa shape index (κ3) is 4.18. The largest absolute Gasteiger partial charge is 0.351 e. The van der Waals surface area contributed by atoms with Crippen molar-refractivity contribution in [2.75, 3.05) is 4.90 Å². The topological polar surface area (TPSA) is 75.2 Å². The Labute approximate surface area is 194 Å². The number of carbonyl (C=O) groups excluding carboxylic acids is 2. The van der Waals surface area contributed by atoms with Gasteiger partial charge >= 0.3 is 0 Å². The smallest absolute Gasteiger partial charge is 0.278 e. The van der Waals surface area contributed by atoms with Crippen LogP contribution >= 0.6 is 11.6 Å². The number of hydrogen-bond acceptors (Lipinski definition) is 4. The molecule has 0 saturated heterocycles. The van der Waals surface area contributed by atoms with Crippen molar-refractivity contribution in [2.45, 2.75) is 56.2 Å². The van der Waals surface area contributed by atoms with Crippen molar-refractivity contribution in [3.05, 3.63) is 54.1 Å². The van der Waals surface area contributed by atoms with Gasteiger partial charge in [0, 0.05) is 42.0 Å². The molecule has 2 aromatic rings. The van der Waals surface area contributed by atoms with Crippen molar-refractivity contribution in [2.24, 2.45) is 11.8 Å². The molecule has 1 heterocycles. The van der Waals surface area contributed by atoms with Crippen LogP contribution in [0.2, 0.25) is 0 Å². The molecule has 6 nitrogen and oxygen atoms in total. The highest BCUT2D eigenvalue weighted by atomic mass is 35.5. The fourth-order valence-corrected chi connectivity index (χ4v) is 5.10. The normalized spacial score (nSPS) is 25.8. The van der Waals surface area contributed by atoms with E-state index in [2.05, 4.69) is 15.3 Å². The van der Waals surface area contributed by atoms with Crippen LogP contribution < -0.4 is 10.2 Å². The number of nitrogens with one attached hydrogen (secondary N) is 1. The second-order valence-corrected chi connectivity index (χ2v) is 9.37. The number of benzene rings is 1. The van der Waals surface area contributed by atoms with Gasteiger partial charge in [0.1, 0.15) is 6.33 Å². The molecule has 2 saturated carbocycles. The molecule has 10 heteroatoms. The van der Waals surface area contributed by atoms with E-state index in [1.54, 1.807) is 24.3 Å². The van der Waals surface area contributed by atoms with E-state index in [-0.39, 0.29) is 30.0 Å². The van der Waals surface area contributed by atoms with Crippen LogP contribution in [-0.4, -0.2) is 39.4 Å². The summed E-state index contributed by atoms with van der Waals surface area (Å²) in [6.07, 6.45) is 4.16. The summed E-state index contributed by atoms with van der Waals surface area (Å²) in [5.74, 6) is -5.67. The summed E-state index contributed by atoms with van der Waals surface area (Å²) in [6, 6.07) is 6.13. The van der Waals surface area contributed by atoms with Crippen LogP contribution in [0.5, 0.6) is 0 Å². The van der Waals surface area contributed by atoms with Gasteiger partial charge < -0.3 is 5.32 Å². The average Bonchev–Trinajstić information content (AvgIpc) is 3.31. The zero-order valence-electron chi connectivity index (χ0n) is 18.1. The molecule has 1 N–H and O–H groups in total. The molecule has 33 heavy (non-hydrogen) atoms. The van der Waals surface area contributed by atoms with Gasteiger partial charge in [-0.15, -0.1) is 0 Å². The highest BCUT2D eigenvalue weighted by Gasteiger charge is 2.58. The van der Waals surface area contributed by atoms with Crippen LogP contribution in [0, 0.1) is 18.8 Å². The number of carbonyl (C=O) groups is 2. The lowest BCUT2D eigenvalue weighted by atomic mass is 9.87. The Bertz CT molecular complexity index is 1040. The summed E-state index contributed by atoms with van der Waals surface area (Å²) in [5.41, 5.74) is -2.84. The van der Waals surface area contributed by atoms with E-state index in [1.165, 1.54) is 25.6 Å². The predicted octanol–water partition coefficient (Wildman–Crippen LogP) is 4.12. The van der Waals surface area contributed by atoms with Crippen LogP contribution in [0.15, 0.2) is 43.0 Å². The standard InChI is InChI=1S/C23H24ClF3N4O2/c1-13-3-5-17(6-4-13)31(20(32)19(24)25)22(2,16-10-28-12-29-11-16)21(33)30-18-8-15-7-14(18)9-23(15,26)27/h3-6,10-12,14-15,18-19H,7-9H2,1-2H3,(H,30,33)/t14?,15?,18-,19-,22-/m0/s1. The van der Waals surface area contributed by atoms with Crippen LogP contribution in [0.4, 0.5) is 18.9 Å². The maximum absolute atomic E-state index is 14.2. The number of hydrogen-bond donors (Lipinski definition) is 1. The Morgan fingerprint density at radius 3 is 2.36 bits per heavy atom. The first-order valence-corrected chi connectivity index (χ1v) is 11.1. The lowest BCUT2D eigenvalue weighted by Gasteiger charge is -2.41. The zero-order chi connectivity index (χ0) is 24.0. The maximum atomic E-state index is 14.2. The first kappa shape index (κ1) is 23.5. The van der Waals surface area contributed by atoms with Gasteiger partial charge in [-0.1, -0.05) is 29.3 Å². The predicted molar refractivity (Wildman–Crippen MR) is 117 cm³/mol. The van der Waals surface area contributed by atoms with E-state index >= 15 is 0 Å². The lowest BCUT2D eigenvalue weighted by molar-refractivity contribution is -0.132. The summed E-state index contributed by atoms with van der Waals surface area (Å²) >= 11 is 5.55. The Morgan fingerprint density at radius 2 is 1.85 bits per heavy atom. The van der Waals surface area contributed by atoms with Crippen molar-refractivity contribution in [1.82, 2.24) is 15.3 Å². The van der Waals surface area contributed by atoms with E-state index in [9.17, 15) is 22.8 Å². The number of rotatable bonds is 6. The Balaban J connectivity index is 1.75. The van der Waals surface area contributed by atoms with Gasteiger partial charge in [-0.3, -0.25) is 14.5 Å². The van der Waals surface area contributed by atoms with Crippen molar-refractivity contribution in [3.63, 3.8) is 0 Å². The minimum Gasteiger partial charge on any atom is -0.351 e. The number of fused-ring (bicyclic) bond motifs is 2. The average molecular weight is 481 g/mol. The molecule has 4 rings (SSSR count). The quantitative estimate of drug-likeness (QED) is 0.631. The molecule has 2 fully saturated rings. The Hall–Kier alpha value is -2.68. The number of amides is 2. The van der Waals surface area contributed by atoms with Crippen LogP contribution in [-0.2, 0) is 15.1 Å². The van der Waals surface area contributed by atoms with Gasteiger partial charge in [-0.05, 0) is 44.7 Å². The zero-order valence-corrected chi connectivity index (χ0v) is 18.9. The highest BCUT2D eigenvalue weighted by Crippen LogP contribution is 2.53. The van der Waals surface area contributed by atoms with E-state index in [0.29, 0.717) is 6.42 Å². The third-order valence-corrected chi connectivity index (χ3v) is 7.04. The van der Waals surface area contributed by atoms with Gasteiger partial charge in [-0.25, -0.2) is 23.1 Å². The van der Waals surface area contributed by atoms with Gasteiger partial charge in [0.2, 0.25) is 0 Å².